The fourth-order valence-electron chi connectivity index (χ4n) is 5.15. The van der Waals surface area contributed by atoms with Crippen molar-refractivity contribution < 1.29 is 0 Å². The van der Waals surface area contributed by atoms with E-state index < -0.39 is 0 Å². The Morgan fingerprint density at radius 1 is 0.903 bits per heavy atom. The molecule has 162 valence electrons. The van der Waals surface area contributed by atoms with Crippen LogP contribution in [0.25, 0.3) is 0 Å². The summed E-state index contributed by atoms with van der Waals surface area (Å²) >= 11 is 6.47. The summed E-state index contributed by atoms with van der Waals surface area (Å²) in [5, 5.41) is 8.68. The number of nitrogens with one attached hydrogen (secondary N) is 2. The summed E-state index contributed by atoms with van der Waals surface area (Å²) in [6.07, 6.45) is 3.67. The average molecular weight is 433 g/mol. The lowest BCUT2D eigenvalue weighted by atomic mass is 9.74. The fourth-order valence-corrected chi connectivity index (χ4v) is 5.35. The maximum atomic E-state index is 6.47. The molecule has 1 heterocycles. The van der Waals surface area contributed by atoms with Gasteiger partial charge in [0, 0.05) is 29.6 Å². The van der Waals surface area contributed by atoms with Crippen molar-refractivity contribution in [1.82, 2.24) is 10.6 Å². The summed E-state index contributed by atoms with van der Waals surface area (Å²) in [5.74, 6) is 0.944. The Balaban J connectivity index is 1.68. The Morgan fingerprint density at radius 3 is 2.13 bits per heavy atom. The van der Waals surface area contributed by atoms with Gasteiger partial charge in [0.1, 0.15) is 0 Å². The Bertz CT molecular complexity index is 887. The molecule has 1 aliphatic heterocycles. The van der Waals surface area contributed by atoms with Crippen LogP contribution < -0.4 is 10.6 Å². The highest BCUT2D eigenvalue weighted by Crippen LogP contribution is 2.35. The Hall–Kier alpha value is -2.13. The van der Waals surface area contributed by atoms with E-state index in [0.717, 1.165) is 18.1 Å². The monoisotopic (exact) mass is 432 g/mol. The van der Waals surface area contributed by atoms with Crippen LogP contribution in [0.5, 0.6) is 0 Å². The molecule has 0 spiro atoms. The third-order valence-electron chi connectivity index (χ3n) is 6.61. The molecule has 3 aromatic carbocycles. The summed E-state index contributed by atoms with van der Waals surface area (Å²) in [6, 6.07) is 30.8. The van der Waals surface area contributed by atoms with E-state index >= 15 is 0 Å². The van der Waals surface area contributed by atoms with E-state index in [1.165, 1.54) is 36.0 Å². The first-order valence-corrected chi connectivity index (χ1v) is 12.0. The van der Waals surface area contributed by atoms with E-state index in [0.29, 0.717) is 23.9 Å². The van der Waals surface area contributed by atoms with Crippen LogP contribution >= 0.6 is 11.6 Å². The molecule has 0 saturated carbocycles. The van der Waals surface area contributed by atoms with Gasteiger partial charge in [0.05, 0.1) is 0 Å². The van der Waals surface area contributed by atoms with Gasteiger partial charge in [-0.05, 0) is 48.1 Å². The van der Waals surface area contributed by atoms with Crippen LogP contribution in [0.15, 0.2) is 84.9 Å². The third-order valence-corrected chi connectivity index (χ3v) is 6.98. The maximum Gasteiger partial charge on any atom is 0.0450 e. The van der Waals surface area contributed by atoms with Gasteiger partial charge in [0.2, 0.25) is 0 Å². The molecule has 2 nitrogen and oxygen atoms in total. The lowest BCUT2D eigenvalue weighted by molar-refractivity contribution is 0.191. The molecule has 1 unspecified atom stereocenters. The molecule has 1 fully saturated rings. The lowest BCUT2D eigenvalue weighted by Gasteiger charge is -2.44. The van der Waals surface area contributed by atoms with E-state index in [1.54, 1.807) is 0 Å². The van der Waals surface area contributed by atoms with Crippen molar-refractivity contribution in [3.63, 3.8) is 0 Å². The Morgan fingerprint density at radius 2 is 1.52 bits per heavy atom. The second kappa shape index (κ2) is 10.9. The Labute approximate surface area is 192 Å². The minimum atomic E-state index is 0.297. The molecular weight excluding hydrogens is 400 g/mol. The number of benzene rings is 3. The van der Waals surface area contributed by atoms with Gasteiger partial charge in [-0.15, -0.1) is 0 Å². The van der Waals surface area contributed by atoms with Gasteiger partial charge < -0.3 is 10.6 Å². The zero-order valence-corrected chi connectivity index (χ0v) is 19.1. The van der Waals surface area contributed by atoms with Crippen LogP contribution in [-0.2, 0) is 6.54 Å². The second-order valence-electron chi connectivity index (χ2n) is 8.61. The van der Waals surface area contributed by atoms with Crippen LogP contribution in [0.3, 0.4) is 0 Å². The maximum absolute atomic E-state index is 6.47. The fraction of sp³-hybridized carbons (Fsp3) is 0.357. The van der Waals surface area contributed by atoms with Crippen molar-refractivity contribution in [2.24, 2.45) is 5.92 Å². The van der Waals surface area contributed by atoms with Gasteiger partial charge in [-0.2, -0.15) is 0 Å². The van der Waals surface area contributed by atoms with Crippen molar-refractivity contribution in [3.05, 3.63) is 107 Å². The summed E-state index contributed by atoms with van der Waals surface area (Å²) in [6.45, 7) is 4.16. The minimum Gasteiger partial charge on any atom is -0.311 e. The summed E-state index contributed by atoms with van der Waals surface area (Å²) in [7, 11) is 0. The molecule has 0 bridgehead atoms. The van der Waals surface area contributed by atoms with Gasteiger partial charge in [0.15, 0.2) is 0 Å². The quantitative estimate of drug-likeness (QED) is 0.429. The highest BCUT2D eigenvalue weighted by Gasteiger charge is 2.38. The smallest absolute Gasteiger partial charge is 0.0450 e. The number of halogens is 1. The van der Waals surface area contributed by atoms with E-state index in [9.17, 15) is 0 Å². The van der Waals surface area contributed by atoms with Gasteiger partial charge in [-0.3, -0.25) is 0 Å². The molecular formula is C28H33ClN2. The van der Waals surface area contributed by atoms with Gasteiger partial charge >= 0.3 is 0 Å². The van der Waals surface area contributed by atoms with Crippen LogP contribution in [0, 0.1) is 5.92 Å². The van der Waals surface area contributed by atoms with Crippen LogP contribution in [0.1, 0.15) is 48.8 Å². The largest absolute Gasteiger partial charge is 0.311 e. The molecule has 0 amide bonds. The van der Waals surface area contributed by atoms with Gasteiger partial charge in [-0.25, -0.2) is 0 Å². The molecule has 3 atom stereocenters. The predicted molar refractivity (Wildman–Crippen MR) is 132 cm³/mol. The predicted octanol–water partition coefficient (Wildman–Crippen LogP) is 6.41. The first-order chi connectivity index (χ1) is 15.3. The summed E-state index contributed by atoms with van der Waals surface area (Å²) in [4.78, 5) is 0. The van der Waals surface area contributed by atoms with Crippen molar-refractivity contribution >= 4 is 11.6 Å². The summed E-state index contributed by atoms with van der Waals surface area (Å²) in [5.41, 5.74) is 3.90. The van der Waals surface area contributed by atoms with E-state index in [2.05, 4.69) is 90.4 Å². The first kappa shape index (κ1) is 22.1. The Kier molecular flexibility index (Phi) is 7.80. The summed E-state index contributed by atoms with van der Waals surface area (Å²) < 4.78 is 0. The minimum absolute atomic E-state index is 0.297. The molecule has 31 heavy (non-hydrogen) atoms. The first-order valence-electron chi connectivity index (χ1n) is 11.6. The average Bonchev–Trinajstić information content (AvgIpc) is 2.81. The normalized spacial score (nSPS) is 21.3. The van der Waals surface area contributed by atoms with Crippen LogP contribution in [0.4, 0.5) is 0 Å². The molecule has 0 aliphatic carbocycles. The van der Waals surface area contributed by atoms with E-state index in [-0.39, 0.29) is 0 Å². The molecule has 1 aliphatic rings. The van der Waals surface area contributed by atoms with E-state index in [1.807, 2.05) is 12.1 Å². The molecule has 3 aromatic rings. The van der Waals surface area contributed by atoms with Crippen LogP contribution in [0.2, 0.25) is 5.02 Å². The number of piperidine rings is 1. The van der Waals surface area contributed by atoms with Crippen molar-refractivity contribution in [2.75, 3.05) is 6.54 Å². The number of hydrogen-bond acceptors (Lipinski definition) is 2. The topological polar surface area (TPSA) is 24.1 Å². The van der Waals surface area contributed by atoms with Crippen molar-refractivity contribution in [3.8, 4) is 0 Å². The third kappa shape index (κ3) is 5.38. The highest BCUT2D eigenvalue weighted by molar-refractivity contribution is 6.31. The standard InChI is InChI=1S/C28H33ClN2/c1-2-11-23-18-19-30-28(27(23)31-20-24-16-9-10-17-25(24)29)26(21-12-5-3-6-13-21)22-14-7-4-8-15-22/h3-10,12-17,23,26-28,30-31H,2,11,18-20H2,1H3/t23?,27-,28-/m1/s1. The zero-order chi connectivity index (χ0) is 21.5. The molecule has 2 N–H and O–H groups in total. The molecule has 0 aromatic heterocycles. The van der Waals surface area contributed by atoms with Crippen molar-refractivity contribution in [2.45, 2.75) is 50.7 Å². The highest BCUT2D eigenvalue weighted by atomic mass is 35.5. The lowest BCUT2D eigenvalue weighted by Crippen LogP contribution is -2.58. The zero-order valence-electron chi connectivity index (χ0n) is 18.3. The molecule has 0 radical (unpaired) electrons. The number of hydrogen-bond donors (Lipinski definition) is 2. The van der Waals surface area contributed by atoms with Crippen LogP contribution in [-0.4, -0.2) is 18.6 Å². The van der Waals surface area contributed by atoms with Gasteiger partial charge in [-0.1, -0.05) is 104 Å². The SMILES string of the molecule is CCCC1CCN[C@H](C(c2ccccc2)c2ccccc2)[C@@H]1NCc1ccccc1Cl. The van der Waals surface area contributed by atoms with E-state index in [4.69, 9.17) is 11.6 Å². The van der Waals surface area contributed by atoms with Crippen molar-refractivity contribution in [1.29, 1.82) is 0 Å². The second-order valence-corrected chi connectivity index (χ2v) is 9.02. The molecule has 1 saturated heterocycles. The molecule has 3 heteroatoms. The van der Waals surface area contributed by atoms with Gasteiger partial charge in [0.25, 0.3) is 0 Å². The number of rotatable bonds is 8. The molecule has 4 rings (SSSR count).